The third-order valence-electron chi connectivity index (χ3n) is 6.18. The van der Waals surface area contributed by atoms with Gasteiger partial charge < -0.3 is 0 Å². The van der Waals surface area contributed by atoms with Gasteiger partial charge in [0, 0.05) is 12.5 Å². The molecule has 0 radical (unpaired) electrons. The fourth-order valence-corrected chi connectivity index (χ4v) is 6.20. The van der Waals surface area contributed by atoms with E-state index in [2.05, 4.69) is 37.5 Å². The minimum Gasteiger partial charge on any atom is -0.243 e. The van der Waals surface area contributed by atoms with E-state index in [9.17, 15) is 8.42 Å². The molecule has 7 nitrogen and oxygen atoms in total. The summed E-state index contributed by atoms with van der Waals surface area (Å²) in [4.78, 5) is 0.356. The number of H-pyrrole nitrogens is 1. The fraction of sp³-hybridized carbons (Fsp3) is 0.550. The van der Waals surface area contributed by atoms with Crippen LogP contribution in [-0.4, -0.2) is 35.1 Å². The number of allylic oxidation sites excluding steroid dienone is 2. The SMILES string of the molecule is O=S(=O)(NC1C2CCC(C2)C1CC=CCCCc1nnn[nH]1)c1ccccc1. The number of nitrogens with one attached hydrogen (secondary N) is 2. The first-order valence-electron chi connectivity index (χ1n) is 10.1. The highest BCUT2D eigenvalue weighted by molar-refractivity contribution is 7.89. The number of unbranched alkanes of at least 4 members (excludes halogenated alkanes) is 1. The van der Waals surface area contributed by atoms with Crippen LogP contribution in [-0.2, 0) is 16.4 Å². The third kappa shape index (κ3) is 4.33. The smallest absolute Gasteiger partial charge is 0.240 e. The summed E-state index contributed by atoms with van der Waals surface area (Å²) in [5, 5.41) is 13.8. The monoisotopic (exact) mass is 401 g/mol. The number of hydrogen-bond acceptors (Lipinski definition) is 5. The predicted molar refractivity (Wildman–Crippen MR) is 106 cm³/mol. The number of fused-ring (bicyclic) bond motifs is 2. The molecule has 0 saturated heterocycles. The summed E-state index contributed by atoms with van der Waals surface area (Å²) in [6, 6.07) is 8.75. The maximum atomic E-state index is 12.8. The molecule has 0 amide bonds. The zero-order valence-electron chi connectivity index (χ0n) is 15.9. The van der Waals surface area contributed by atoms with Crippen molar-refractivity contribution in [1.29, 1.82) is 0 Å². The number of benzene rings is 1. The molecule has 2 N–H and O–H groups in total. The Bertz CT molecular complexity index is 883. The van der Waals surface area contributed by atoms with Crippen molar-refractivity contribution in [3.8, 4) is 0 Å². The summed E-state index contributed by atoms with van der Waals surface area (Å²) >= 11 is 0. The van der Waals surface area contributed by atoms with Crippen LogP contribution >= 0.6 is 0 Å². The van der Waals surface area contributed by atoms with Crippen LogP contribution in [0, 0.1) is 17.8 Å². The lowest BCUT2D eigenvalue weighted by atomic mass is 9.83. The quantitative estimate of drug-likeness (QED) is 0.497. The highest BCUT2D eigenvalue weighted by atomic mass is 32.2. The largest absolute Gasteiger partial charge is 0.243 e. The number of aryl methyl sites for hydroxylation is 1. The van der Waals surface area contributed by atoms with Gasteiger partial charge in [-0.2, -0.15) is 0 Å². The van der Waals surface area contributed by atoms with Gasteiger partial charge in [0.25, 0.3) is 0 Å². The maximum Gasteiger partial charge on any atom is 0.240 e. The fourth-order valence-electron chi connectivity index (χ4n) is 4.82. The number of sulfonamides is 1. The lowest BCUT2D eigenvalue weighted by molar-refractivity contribution is 0.274. The highest BCUT2D eigenvalue weighted by Gasteiger charge is 2.48. The Labute approximate surface area is 166 Å². The van der Waals surface area contributed by atoms with Gasteiger partial charge in [-0.25, -0.2) is 18.2 Å². The molecule has 2 aliphatic rings. The molecule has 2 bridgehead atoms. The summed E-state index contributed by atoms with van der Waals surface area (Å²) < 4.78 is 28.6. The van der Waals surface area contributed by atoms with Crippen LogP contribution in [0.3, 0.4) is 0 Å². The standard InChI is InChI=1S/C20H27N5O2S/c26-28(27,17-8-4-3-5-9-17)23-20-16-13-12-15(14-16)18(20)10-6-1-2-7-11-19-21-24-25-22-19/h1,3-6,8-9,15-16,18,20,23H,2,7,10-14H2,(H,21,22,24,25). The van der Waals surface area contributed by atoms with Crippen molar-refractivity contribution in [1.82, 2.24) is 25.3 Å². The van der Waals surface area contributed by atoms with Gasteiger partial charge >= 0.3 is 0 Å². The Kier molecular flexibility index (Phi) is 5.87. The molecule has 0 spiro atoms. The number of tetrazole rings is 1. The molecule has 1 aromatic heterocycles. The summed E-state index contributed by atoms with van der Waals surface area (Å²) in [5.41, 5.74) is 0. The molecule has 4 atom stereocenters. The van der Waals surface area contributed by atoms with Crippen molar-refractivity contribution in [2.24, 2.45) is 17.8 Å². The molecule has 1 heterocycles. The average Bonchev–Trinajstić information content (AvgIpc) is 3.44. The van der Waals surface area contributed by atoms with Gasteiger partial charge in [-0.05, 0) is 78.8 Å². The van der Waals surface area contributed by atoms with E-state index in [0.717, 1.165) is 44.3 Å². The van der Waals surface area contributed by atoms with Crippen molar-refractivity contribution in [3.63, 3.8) is 0 Å². The number of aromatic nitrogens is 4. The first-order valence-corrected chi connectivity index (χ1v) is 11.6. The molecule has 8 heteroatoms. The van der Waals surface area contributed by atoms with E-state index in [1.165, 1.54) is 6.42 Å². The molecule has 4 unspecified atom stereocenters. The van der Waals surface area contributed by atoms with Gasteiger partial charge in [0.15, 0.2) is 0 Å². The first kappa shape index (κ1) is 19.3. The first-order chi connectivity index (χ1) is 13.6. The lowest BCUT2D eigenvalue weighted by Gasteiger charge is -2.31. The second-order valence-corrected chi connectivity index (χ2v) is 9.62. The Morgan fingerprint density at radius 2 is 1.96 bits per heavy atom. The number of nitrogens with zero attached hydrogens (tertiary/aromatic N) is 3. The molecule has 2 aromatic rings. The Balaban J connectivity index is 1.33. The van der Waals surface area contributed by atoms with Crippen molar-refractivity contribution in [3.05, 3.63) is 48.3 Å². The topological polar surface area (TPSA) is 101 Å². The molecule has 2 aliphatic carbocycles. The van der Waals surface area contributed by atoms with Crippen molar-refractivity contribution >= 4 is 10.0 Å². The van der Waals surface area contributed by atoms with E-state index in [4.69, 9.17) is 0 Å². The zero-order chi connectivity index (χ0) is 19.4. The minimum atomic E-state index is -3.46. The lowest BCUT2D eigenvalue weighted by Crippen LogP contribution is -2.43. The highest BCUT2D eigenvalue weighted by Crippen LogP contribution is 2.50. The maximum absolute atomic E-state index is 12.8. The third-order valence-corrected chi connectivity index (χ3v) is 7.66. The molecular weight excluding hydrogens is 374 g/mol. The van der Waals surface area contributed by atoms with E-state index in [-0.39, 0.29) is 6.04 Å². The van der Waals surface area contributed by atoms with Gasteiger partial charge in [-0.3, -0.25) is 0 Å². The van der Waals surface area contributed by atoms with Crippen molar-refractivity contribution in [2.75, 3.05) is 0 Å². The van der Waals surface area contributed by atoms with Crippen LogP contribution < -0.4 is 4.72 Å². The minimum absolute atomic E-state index is 0.0499. The van der Waals surface area contributed by atoms with E-state index >= 15 is 0 Å². The molecule has 2 saturated carbocycles. The van der Waals surface area contributed by atoms with Crippen LogP contribution in [0.4, 0.5) is 0 Å². The molecule has 2 fully saturated rings. The molecule has 4 rings (SSSR count). The summed E-state index contributed by atoms with van der Waals surface area (Å²) in [7, 11) is -3.46. The van der Waals surface area contributed by atoms with Crippen LogP contribution in [0.1, 0.15) is 44.3 Å². The summed E-state index contributed by atoms with van der Waals surface area (Å²) in [6.07, 6.45) is 11.7. The van der Waals surface area contributed by atoms with E-state index in [0.29, 0.717) is 22.6 Å². The van der Waals surface area contributed by atoms with E-state index in [1.807, 2.05) is 6.07 Å². The van der Waals surface area contributed by atoms with Crippen LogP contribution in [0.2, 0.25) is 0 Å². The predicted octanol–water partition coefficient (Wildman–Crippen LogP) is 2.86. The molecule has 150 valence electrons. The number of aromatic amines is 1. The molecular formula is C20H27N5O2S. The van der Waals surface area contributed by atoms with Crippen LogP contribution in [0.15, 0.2) is 47.4 Å². The Hall–Kier alpha value is -2.06. The van der Waals surface area contributed by atoms with Crippen molar-refractivity contribution in [2.45, 2.75) is 55.9 Å². The normalized spacial score (nSPS) is 27.0. The molecule has 28 heavy (non-hydrogen) atoms. The van der Waals surface area contributed by atoms with Gasteiger partial charge in [0.1, 0.15) is 5.82 Å². The number of rotatable bonds is 9. The van der Waals surface area contributed by atoms with E-state index in [1.54, 1.807) is 24.3 Å². The Morgan fingerprint density at radius 3 is 2.75 bits per heavy atom. The van der Waals surface area contributed by atoms with Gasteiger partial charge in [0.05, 0.1) is 4.90 Å². The average molecular weight is 402 g/mol. The van der Waals surface area contributed by atoms with Gasteiger partial charge in [0.2, 0.25) is 10.0 Å². The van der Waals surface area contributed by atoms with Crippen LogP contribution in [0.25, 0.3) is 0 Å². The second-order valence-electron chi connectivity index (χ2n) is 7.90. The zero-order valence-corrected chi connectivity index (χ0v) is 16.7. The van der Waals surface area contributed by atoms with Gasteiger partial charge in [-0.1, -0.05) is 30.4 Å². The second kappa shape index (κ2) is 8.53. The number of hydrogen-bond donors (Lipinski definition) is 2. The van der Waals surface area contributed by atoms with Crippen molar-refractivity contribution < 1.29 is 8.42 Å². The van der Waals surface area contributed by atoms with E-state index < -0.39 is 10.0 Å². The van der Waals surface area contributed by atoms with Crippen LogP contribution in [0.5, 0.6) is 0 Å². The Morgan fingerprint density at radius 1 is 1.14 bits per heavy atom. The molecule has 0 aliphatic heterocycles. The molecule has 1 aromatic carbocycles. The summed E-state index contributed by atoms with van der Waals surface area (Å²) in [6.45, 7) is 0. The van der Waals surface area contributed by atoms with Gasteiger partial charge in [-0.15, -0.1) is 5.10 Å². The summed E-state index contributed by atoms with van der Waals surface area (Å²) in [5.74, 6) is 2.32.